The van der Waals surface area contributed by atoms with Crippen molar-refractivity contribution in [3.05, 3.63) is 36.2 Å². The van der Waals surface area contributed by atoms with Crippen molar-refractivity contribution in [2.45, 2.75) is 11.2 Å². The molecule has 1 atom stereocenters. The Morgan fingerprint density at radius 1 is 1.44 bits per heavy atom. The highest BCUT2D eigenvalue weighted by Gasteiger charge is 2.32. The van der Waals surface area contributed by atoms with E-state index in [9.17, 15) is 0 Å². The first-order valence-electron chi connectivity index (χ1n) is 5.40. The Balaban J connectivity index is 2.02. The van der Waals surface area contributed by atoms with E-state index in [2.05, 4.69) is 20.4 Å². The number of fused-ring (bicyclic) bond motifs is 1. The molecule has 7 heteroatoms. The van der Waals surface area contributed by atoms with Crippen molar-refractivity contribution >= 4 is 23.5 Å². The second kappa shape index (κ2) is 4.34. The largest absolute Gasteiger partial charge is 0.384 e. The fourth-order valence-electron chi connectivity index (χ4n) is 1.93. The van der Waals surface area contributed by atoms with E-state index in [1.165, 1.54) is 0 Å². The van der Waals surface area contributed by atoms with Crippen molar-refractivity contribution in [1.82, 2.24) is 20.4 Å². The molecule has 0 saturated heterocycles. The number of aliphatic imine (C=N–C) groups is 1. The first-order chi connectivity index (χ1) is 8.79. The zero-order valence-corrected chi connectivity index (χ0v) is 10.6. The topological polar surface area (TPSA) is 79.4 Å². The molecule has 0 bridgehead atoms. The molecule has 2 aliphatic heterocycles. The lowest BCUT2D eigenvalue weighted by Crippen LogP contribution is -2.35. The van der Waals surface area contributed by atoms with E-state index in [0.717, 1.165) is 16.3 Å². The van der Waals surface area contributed by atoms with Crippen LogP contribution >= 0.6 is 11.8 Å². The second-order valence-corrected chi connectivity index (χ2v) is 4.63. The molecule has 0 fully saturated rings. The molecule has 18 heavy (non-hydrogen) atoms. The SMILES string of the molecule is CSc1cc(C2=C(N)NN3C=CC=NC23)ncn1. The van der Waals surface area contributed by atoms with Crippen LogP contribution in [0.3, 0.4) is 0 Å². The van der Waals surface area contributed by atoms with Crippen LogP contribution in [0, 0.1) is 0 Å². The van der Waals surface area contributed by atoms with E-state index >= 15 is 0 Å². The molecule has 2 aliphatic rings. The fraction of sp³-hybridized carbons (Fsp3) is 0.182. The van der Waals surface area contributed by atoms with Crippen LogP contribution in [-0.4, -0.2) is 33.6 Å². The summed E-state index contributed by atoms with van der Waals surface area (Å²) in [5, 5.41) is 2.76. The number of thioether (sulfide) groups is 1. The monoisotopic (exact) mass is 260 g/mol. The second-order valence-electron chi connectivity index (χ2n) is 3.81. The van der Waals surface area contributed by atoms with Crippen molar-refractivity contribution in [2.75, 3.05) is 6.26 Å². The summed E-state index contributed by atoms with van der Waals surface area (Å²) in [5.74, 6) is 0.578. The van der Waals surface area contributed by atoms with Gasteiger partial charge in [-0.2, -0.15) is 0 Å². The Labute approximate surface area is 109 Å². The molecule has 92 valence electrons. The van der Waals surface area contributed by atoms with Gasteiger partial charge in [0.25, 0.3) is 0 Å². The molecule has 3 rings (SSSR count). The summed E-state index contributed by atoms with van der Waals surface area (Å²) < 4.78 is 0. The minimum absolute atomic E-state index is 0.153. The van der Waals surface area contributed by atoms with Gasteiger partial charge in [-0.05, 0) is 18.4 Å². The number of aromatic nitrogens is 2. The first-order valence-corrected chi connectivity index (χ1v) is 6.63. The highest BCUT2D eigenvalue weighted by atomic mass is 32.2. The Bertz CT molecular complexity index is 564. The predicted molar refractivity (Wildman–Crippen MR) is 71.3 cm³/mol. The van der Waals surface area contributed by atoms with Gasteiger partial charge in [-0.25, -0.2) is 9.97 Å². The van der Waals surface area contributed by atoms with Gasteiger partial charge in [0, 0.05) is 12.4 Å². The lowest BCUT2D eigenvalue weighted by Gasteiger charge is -2.22. The zero-order valence-electron chi connectivity index (χ0n) is 9.74. The number of allylic oxidation sites excluding steroid dienone is 1. The van der Waals surface area contributed by atoms with Crippen LogP contribution in [-0.2, 0) is 0 Å². The summed E-state index contributed by atoms with van der Waals surface area (Å²) in [6.07, 6.45) is 8.88. The van der Waals surface area contributed by atoms with Crippen LogP contribution in [0.1, 0.15) is 5.69 Å². The Kier molecular flexibility index (Phi) is 2.67. The Morgan fingerprint density at radius 3 is 3.17 bits per heavy atom. The summed E-state index contributed by atoms with van der Waals surface area (Å²) in [4.78, 5) is 12.8. The van der Waals surface area contributed by atoms with Crippen LogP contribution in [0.5, 0.6) is 0 Å². The number of nitrogens with one attached hydrogen (secondary N) is 1. The van der Waals surface area contributed by atoms with E-state index < -0.39 is 0 Å². The molecule has 0 saturated carbocycles. The minimum Gasteiger partial charge on any atom is -0.384 e. The van der Waals surface area contributed by atoms with Crippen LogP contribution in [0.15, 0.2) is 40.5 Å². The maximum absolute atomic E-state index is 6.01. The smallest absolute Gasteiger partial charge is 0.170 e. The van der Waals surface area contributed by atoms with Gasteiger partial charge < -0.3 is 5.73 Å². The third-order valence-corrected chi connectivity index (χ3v) is 3.39. The summed E-state index contributed by atoms with van der Waals surface area (Å²) >= 11 is 1.57. The van der Waals surface area contributed by atoms with Gasteiger partial charge in [-0.3, -0.25) is 15.4 Å². The standard InChI is InChI=1S/C11H12N6S/c1-18-8-5-7(14-6-15-8)9-10(12)16-17-4-2-3-13-11(9)17/h2-6,11,16H,12H2,1H3. The van der Waals surface area contributed by atoms with Crippen molar-refractivity contribution in [3.8, 4) is 0 Å². The number of nitrogens with two attached hydrogens (primary N) is 1. The molecular formula is C11H12N6S. The van der Waals surface area contributed by atoms with E-state index in [0.29, 0.717) is 5.82 Å². The quantitative estimate of drug-likeness (QED) is 0.598. The molecule has 1 aromatic rings. The van der Waals surface area contributed by atoms with Crippen LogP contribution in [0.2, 0.25) is 0 Å². The fourth-order valence-corrected chi connectivity index (χ4v) is 2.32. The van der Waals surface area contributed by atoms with Crippen LogP contribution in [0.25, 0.3) is 5.57 Å². The van der Waals surface area contributed by atoms with Crippen molar-refractivity contribution < 1.29 is 0 Å². The molecule has 0 aliphatic carbocycles. The lowest BCUT2D eigenvalue weighted by atomic mass is 10.1. The zero-order chi connectivity index (χ0) is 12.5. The predicted octanol–water partition coefficient (Wildman–Crippen LogP) is 0.570. The van der Waals surface area contributed by atoms with E-state index in [4.69, 9.17) is 5.73 Å². The van der Waals surface area contributed by atoms with Crippen molar-refractivity contribution in [2.24, 2.45) is 10.7 Å². The molecule has 1 aromatic heterocycles. The van der Waals surface area contributed by atoms with Crippen LogP contribution in [0.4, 0.5) is 0 Å². The third-order valence-electron chi connectivity index (χ3n) is 2.75. The molecule has 6 nitrogen and oxygen atoms in total. The molecule has 3 heterocycles. The van der Waals surface area contributed by atoms with Gasteiger partial charge in [-0.1, -0.05) is 0 Å². The summed E-state index contributed by atoms with van der Waals surface area (Å²) in [6.45, 7) is 0. The van der Waals surface area contributed by atoms with Crippen molar-refractivity contribution in [1.29, 1.82) is 0 Å². The molecule has 0 aromatic carbocycles. The first kappa shape index (κ1) is 11.1. The van der Waals surface area contributed by atoms with Gasteiger partial charge >= 0.3 is 0 Å². The average Bonchev–Trinajstić information content (AvgIpc) is 2.74. The highest BCUT2D eigenvalue weighted by molar-refractivity contribution is 7.98. The van der Waals surface area contributed by atoms with E-state index in [1.807, 2.05) is 29.6 Å². The van der Waals surface area contributed by atoms with Crippen LogP contribution < -0.4 is 11.2 Å². The summed E-state index contributed by atoms with van der Waals surface area (Å²) in [5.41, 5.74) is 10.8. The molecule has 1 unspecified atom stereocenters. The number of rotatable bonds is 2. The lowest BCUT2D eigenvalue weighted by molar-refractivity contribution is 0.291. The molecule has 3 N–H and O–H groups in total. The van der Waals surface area contributed by atoms with Gasteiger partial charge in [0.15, 0.2) is 6.17 Å². The molecular weight excluding hydrogens is 248 g/mol. The summed E-state index contributed by atoms with van der Waals surface area (Å²) in [7, 11) is 0. The van der Waals surface area contributed by atoms with Crippen molar-refractivity contribution in [3.63, 3.8) is 0 Å². The maximum atomic E-state index is 6.01. The van der Waals surface area contributed by atoms with Gasteiger partial charge in [-0.15, -0.1) is 11.8 Å². The van der Waals surface area contributed by atoms with Gasteiger partial charge in [0.05, 0.1) is 16.3 Å². The normalized spacial score (nSPS) is 21.2. The molecule has 0 spiro atoms. The average molecular weight is 260 g/mol. The Morgan fingerprint density at radius 2 is 2.33 bits per heavy atom. The maximum Gasteiger partial charge on any atom is 0.170 e. The van der Waals surface area contributed by atoms with E-state index in [1.54, 1.807) is 24.3 Å². The highest BCUT2D eigenvalue weighted by Crippen LogP contribution is 2.29. The third kappa shape index (κ3) is 1.72. The van der Waals surface area contributed by atoms with E-state index in [-0.39, 0.29) is 6.17 Å². The summed E-state index contributed by atoms with van der Waals surface area (Å²) in [6, 6.07) is 1.92. The number of hydrazine groups is 1. The number of hydrogen-bond acceptors (Lipinski definition) is 7. The number of nitrogens with zero attached hydrogens (tertiary/aromatic N) is 4. The van der Waals surface area contributed by atoms with Gasteiger partial charge in [0.1, 0.15) is 12.1 Å². The van der Waals surface area contributed by atoms with Gasteiger partial charge in [0.2, 0.25) is 0 Å². The minimum atomic E-state index is -0.153. The molecule has 0 amide bonds. The number of hydrogen-bond donors (Lipinski definition) is 2. The molecule has 0 radical (unpaired) electrons. The Hall–Kier alpha value is -2.02.